The van der Waals surface area contributed by atoms with E-state index in [1.807, 2.05) is 0 Å². The first-order valence-electron chi connectivity index (χ1n) is 11.6. The number of fused-ring (bicyclic) bond motifs is 1. The predicted molar refractivity (Wildman–Crippen MR) is 136 cm³/mol. The SMILES string of the molecule is CC(C)OC(=O)C(C)N(OCC1OC(n2cnc3c(S)nc(N)nc32)CC1O)[PH](=O)Oc1ccccc1. The van der Waals surface area contributed by atoms with Gasteiger partial charge in [0, 0.05) is 6.42 Å². The lowest BCUT2D eigenvalue weighted by molar-refractivity contribution is -0.183. The number of benzene rings is 1. The molecule has 15 heteroatoms. The molecule has 5 atom stereocenters. The number of nitrogens with two attached hydrogens (primary N) is 1. The molecule has 0 amide bonds. The topological polar surface area (TPSA) is 164 Å². The third-order valence-electron chi connectivity index (χ3n) is 5.49. The quantitative estimate of drug-likeness (QED) is 0.111. The van der Waals surface area contributed by atoms with E-state index in [1.165, 1.54) is 13.3 Å². The zero-order valence-corrected chi connectivity index (χ0v) is 22.3. The van der Waals surface area contributed by atoms with Gasteiger partial charge in [-0.05, 0) is 32.9 Å². The van der Waals surface area contributed by atoms with Gasteiger partial charge in [-0.1, -0.05) is 23.0 Å². The fourth-order valence-electron chi connectivity index (χ4n) is 3.70. The highest BCUT2D eigenvalue weighted by Gasteiger charge is 2.38. The summed E-state index contributed by atoms with van der Waals surface area (Å²) >= 11 is 4.28. The van der Waals surface area contributed by atoms with Crippen LogP contribution in [-0.4, -0.2) is 66.4 Å². The summed E-state index contributed by atoms with van der Waals surface area (Å²) in [4.78, 5) is 31.7. The second-order valence-corrected chi connectivity index (χ2v) is 10.2. The van der Waals surface area contributed by atoms with E-state index < -0.39 is 38.6 Å². The Balaban J connectivity index is 1.47. The van der Waals surface area contributed by atoms with Crippen LogP contribution >= 0.6 is 20.8 Å². The van der Waals surface area contributed by atoms with Gasteiger partial charge in [0.05, 0.1) is 25.1 Å². The summed E-state index contributed by atoms with van der Waals surface area (Å²) in [5.74, 6) is -0.266. The Hall–Kier alpha value is -2.74. The highest BCUT2D eigenvalue weighted by Crippen LogP contribution is 2.36. The minimum Gasteiger partial charge on any atom is -0.462 e. The van der Waals surface area contributed by atoms with Crippen molar-refractivity contribution in [3.05, 3.63) is 36.7 Å². The van der Waals surface area contributed by atoms with Crippen LogP contribution in [0.5, 0.6) is 5.75 Å². The number of ether oxygens (including phenoxy) is 2. The largest absolute Gasteiger partial charge is 0.462 e. The van der Waals surface area contributed by atoms with Crippen molar-refractivity contribution >= 4 is 43.9 Å². The van der Waals surface area contributed by atoms with Crippen molar-refractivity contribution in [3.63, 3.8) is 0 Å². The summed E-state index contributed by atoms with van der Waals surface area (Å²) < 4.78 is 31.5. The van der Waals surface area contributed by atoms with E-state index in [2.05, 4.69) is 27.6 Å². The van der Waals surface area contributed by atoms with E-state index in [0.29, 0.717) is 21.9 Å². The molecule has 5 unspecified atom stereocenters. The van der Waals surface area contributed by atoms with Crippen LogP contribution in [-0.2, 0) is 23.7 Å². The third kappa shape index (κ3) is 6.40. The number of carbonyl (C=O) groups is 1. The van der Waals surface area contributed by atoms with Crippen LogP contribution in [0.1, 0.15) is 33.4 Å². The number of aliphatic hydroxyl groups is 1. The zero-order valence-electron chi connectivity index (χ0n) is 20.4. The van der Waals surface area contributed by atoms with E-state index in [-0.39, 0.29) is 25.1 Å². The number of para-hydroxylation sites is 1. The van der Waals surface area contributed by atoms with Gasteiger partial charge in [-0.2, -0.15) is 4.98 Å². The van der Waals surface area contributed by atoms with Crippen molar-refractivity contribution < 1.29 is 33.3 Å². The number of hydroxylamine groups is 1. The van der Waals surface area contributed by atoms with Gasteiger partial charge in [-0.15, -0.1) is 12.6 Å². The molecule has 1 fully saturated rings. The monoisotopic (exact) mass is 552 g/mol. The standard InChI is InChI=1S/C22H29N6O7PS/c1-12(2)33-21(30)13(3)28(36(31)35-14-7-5-4-6-8-14)32-10-16-15(29)9-17(34-16)27-11-24-18-19(27)25-22(23)26-20(18)37/h4-8,11-13,15-17,29,36H,9-10H2,1-3H3,(H3,23,25,26,37). The number of nitrogens with zero attached hydrogens (tertiary/aromatic N) is 5. The first-order valence-corrected chi connectivity index (χ1v) is 13.3. The first kappa shape index (κ1) is 27.3. The average molecular weight is 553 g/mol. The van der Waals surface area contributed by atoms with Crippen LogP contribution in [0.3, 0.4) is 0 Å². The van der Waals surface area contributed by atoms with E-state index in [9.17, 15) is 14.5 Å². The fourth-order valence-corrected chi connectivity index (χ4v) is 4.99. The summed E-state index contributed by atoms with van der Waals surface area (Å²) in [6, 6.07) is 7.45. The molecule has 37 heavy (non-hydrogen) atoms. The smallest absolute Gasteiger partial charge is 0.331 e. The van der Waals surface area contributed by atoms with Gasteiger partial charge in [-0.3, -0.25) is 18.8 Å². The third-order valence-corrected chi connectivity index (χ3v) is 7.08. The van der Waals surface area contributed by atoms with Crippen molar-refractivity contribution in [1.82, 2.24) is 24.4 Å². The Morgan fingerprint density at radius 1 is 1.32 bits per heavy atom. The predicted octanol–water partition coefficient (Wildman–Crippen LogP) is 2.39. The summed E-state index contributed by atoms with van der Waals surface area (Å²) in [7, 11) is -3.09. The molecule has 0 bridgehead atoms. The van der Waals surface area contributed by atoms with E-state index >= 15 is 0 Å². The summed E-state index contributed by atoms with van der Waals surface area (Å²) in [6.07, 6.45) is -1.07. The van der Waals surface area contributed by atoms with E-state index in [1.54, 1.807) is 48.7 Å². The fraction of sp³-hybridized carbons (Fsp3) is 0.455. The summed E-state index contributed by atoms with van der Waals surface area (Å²) in [5, 5.41) is 11.0. The van der Waals surface area contributed by atoms with Crippen molar-refractivity contribution in [2.45, 2.75) is 62.8 Å². The van der Waals surface area contributed by atoms with E-state index in [0.717, 1.165) is 4.83 Å². The second kappa shape index (κ2) is 11.8. The maximum atomic E-state index is 13.1. The number of esters is 1. The lowest BCUT2D eigenvalue weighted by atomic mass is 10.2. The van der Waals surface area contributed by atoms with Crippen LogP contribution in [0.15, 0.2) is 41.7 Å². The number of anilines is 1. The molecule has 0 saturated carbocycles. The molecule has 4 rings (SSSR count). The van der Waals surface area contributed by atoms with Crippen LogP contribution in [0.2, 0.25) is 0 Å². The number of aromatic nitrogens is 4. The molecule has 1 aromatic carbocycles. The molecule has 3 aromatic rings. The van der Waals surface area contributed by atoms with Gasteiger partial charge < -0.3 is 24.8 Å². The molecule has 13 nitrogen and oxygen atoms in total. The molecular formula is C22H29N6O7PS. The maximum Gasteiger partial charge on any atom is 0.331 e. The number of aliphatic hydroxyl groups excluding tert-OH is 1. The molecule has 0 aliphatic carbocycles. The van der Waals surface area contributed by atoms with Gasteiger partial charge in [0.25, 0.3) is 0 Å². The molecule has 1 aliphatic rings. The number of hydrogen-bond acceptors (Lipinski definition) is 12. The van der Waals surface area contributed by atoms with Crippen LogP contribution < -0.4 is 10.3 Å². The molecule has 1 aliphatic heterocycles. The Kier molecular flexibility index (Phi) is 8.67. The number of hydrogen-bond donors (Lipinski definition) is 3. The van der Waals surface area contributed by atoms with Crippen LogP contribution in [0.25, 0.3) is 11.2 Å². The van der Waals surface area contributed by atoms with Crippen LogP contribution in [0.4, 0.5) is 5.95 Å². The lowest BCUT2D eigenvalue weighted by Gasteiger charge is -2.27. The van der Waals surface area contributed by atoms with Gasteiger partial charge in [0.1, 0.15) is 34.7 Å². The number of thiol groups is 1. The number of rotatable bonds is 10. The Labute approximate surface area is 219 Å². The molecule has 3 N–H and O–H groups in total. The van der Waals surface area contributed by atoms with E-state index in [4.69, 9.17) is 24.6 Å². The normalized spacial score (nSPS) is 21.4. The number of carbonyl (C=O) groups excluding carboxylic acids is 1. The van der Waals surface area contributed by atoms with Crippen LogP contribution in [0, 0.1) is 0 Å². The molecular weight excluding hydrogens is 523 g/mol. The Bertz CT molecular complexity index is 1260. The highest BCUT2D eigenvalue weighted by atomic mass is 32.1. The molecule has 0 radical (unpaired) electrons. The van der Waals surface area contributed by atoms with Gasteiger partial charge in [0.15, 0.2) is 5.65 Å². The zero-order chi connectivity index (χ0) is 26.7. The number of nitrogen functional groups attached to an aromatic ring is 1. The lowest BCUT2D eigenvalue weighted by Crippen LogP contribution is -2.40. The molecule has 0 spiro atoms. The Morgan fingerprint density at radius 2 is 2.05 bits per heavy atom. The average Bonchev–Trinajstić information content (AvgIpc) is 3.42. The van der Waals surface area contributed by atoms with Gasteiger partial charge in [-0.25, -0.2) is 9.97 Å². The van der Waals surface area contributed by atoms with Crippen molar-refractivity contribution in [1.29, 1.82) is 0 Å². The molecule has 1 saturated heterocycles. The first-order chi connectivity index (χ1) is 17.6. The highest BCUT2D eigenvalue weighted by molar-refractivity contribution is 7.80. The molecule has 3 heterocycles. The Morgan fingerprint density at radius 3 is 2.76 bits per heavy atom. The van der Waals surface area contributed by atoms with Crippen molar-refractivity contribution in [3.8, 4) is 5.75 Å². The molecule has 200 valence electrons. The minimum absolute atomic E-state index is 0.0270. The van der Waals surface area contributed by atoms with Gasteiger partial charge in [0.2, 0.25) is 5.95 Å². The minimum atomic E-state index is -3.09. The van der Waals surface area contributed by atoms with Gasteiger partial charge >= 0.3 is 14.1 Å². The van der Waals surface area contributed by atoms with Crippen molar-refractivity contribution in [2.24, 2.45) is 0 Å². The number of imidazole rings is 1. The summed E-state index contributed by atoms with van der Waals surface area (Å²) in [5.41, 5.74) is 6.60. The maximum absolute atomic E-state index is 13.1. The van der Waals surface area contributed by atoms with Crippen molar-refractivity contribution in [2.75, 3.05) is 12.3 Å². The second-order valence-electron chi connectivity index (χ2n) is 8.63. The summed E-state index contributed by atoms with van der Waals surface area (Å²) in [6.45, 7) is 4.69. The molecule has 2 aromatic heterocycles.